The van der Waals surface area contributed by atoms with Gasteiger partial charge in [0.05, 0.1) is 5.69 Å². The second kappa shape index (κ2) is 9.90. The number of piperidine rings is 1. The Morgan fingerprint density at radius 2 is 1.79 bits per heavy atom. The number of rotatable bonds is 6. The van der Waals surface area contributed by atoms with Crippen molar-refractivity contribution in [2.24, 2.45) is 0 Å². The second-order valence-electron chi connectivity index (χ2n) is 8.85. The maximum Gasteiger partial charge on any atom is 0.270 e. The van der Waals surface area contributed by atoms with E-state index < -0.39 is 0 Å². The van der Waals surface area contributed by atoms with Crippen molar-refractivity contribution in [1.29, 1.82) is 0 Å². The number of amides is 1. The molecule has 0 aliphatic carbocycles. The summed E-state index contributed by atoms with van der Waals surface area (Å²) in [6.07, 6.45) is 4.82. The summed E-state index contributed by atoms with van der Waals surface area (Å²) in [6.45, 7) is 4.60. The number of benzene rings is 2. The van der Waals surface area contributed by atoms with Gasteiger partial charge in [-0.15, -0.1) is 0 Å². The van der Waals surface area contributed by atoms with Crippen molar-refractivity contribution < 1.29 is 4.79 Å². The highest BCUT2D eigenvalue weighted by molar-refractivity contribution is 6.30. The molecule has 1 fully saturated rings. The molecule has 3 heterocycles. The average molecular weight is 473 g/mol. The number of carbonyl (C=O) groups excluding carboxylic acids is 1. The Bertz CT molecular complexity index is 1280. The van der Waals surface area contributed by atoms with Crippen molar-refractivity contribution >= 4 is 28.8 Å². The number of halogens is 1. The van der Waals surface area contributed by atoms with E-state index in [4.69, 9.17) is 11.6 Å². The van der Waals surface area contributed by atoms with E-state index >= 15 is 0 Å². The molecule has 0 saturated carbocycles. The molecular weight excluding hydrogens is 444 g/mol. The molecule has 0 spiro atoms. The fourth-order valence-corrected chi connectivity index (χ4v) is 5.00. The van der Waals surface area contributed by atoms with Gasteiger partial charge in [-0.3, -0.25) is 9.20 Å². The molecule has 5 nitrogen and oxygen atoms in total. The molecule has 1 N–H and O–H groups in total. The second-order valence-corrected chi connectivity index (χ2v) is 9.29. The smallest absolute Gasteiger partial charge is 0.270 e. The lowest BCUT2D eigenvalue weighted by molar-refractivity contribution is 0.0944. The maximum atomic E-state index is 13.0. The van der Waals surface area contributed by atoms with Gasteiger partial charge in [0.2, 0.25) is 0 Å². The van der Waals surface area contributed by atoms with Gasteiger partial charge in [0.15, 0.2) is 0 Å². The maximum absolute atomic E-state index is 13.0. The molecular formula is C28H29ClN4O. The third-order valence-electron chi connectivity index (χ3n) is 6.73. The van der Waals surface area contributed by atoms with Crippen LogP contribution < -0.4 is 10.2 Å². The van der Waals surface area contributed by atoms with Gasteiger partial charge in [-0.2, -0.15) is 0 Å². The molecule has 4 aromatic rings. The van der Waals surface area contributed by atoms with Gasteiger partial charge in [0.25, 0.3) is 5.91 Å². The summed E-state index contributed by atoms with van der Waals surface area (Å²) >= 11 is 6.09. The highest BCUT2D eigenvalue weighted by Gasteiger charge is 2.21. The van der Waals surface area contributed by atoms with Crippen LogP contribution in [0.5, 0.6) is 0 Å². The zero-order valence-electron chi connectivity index (χ0n) is 19.4. The van der Waals surface area contributed by atoms with E-state index in [2.05, 4.69) is 69.8 Å². The van der Waals surface area contributed by atoms with Gasteiger partial charge in [-0.05, 0) is 54.5 Å². The summed E-state index contributed by atoms with van der Waals surface area (Å²) in [5, 5.41) is 3.67. The number of hydrogen-bond acceptors (Lipinski definition) is 3. The standard InChI is InChI=1S/C28H29ClN4O/c1-2-25-27(33-17-14-23(29)18-26(33)31-25)28(34)30-19-20-8-10-24(11-9-20)32-15-12-22(13-16-32)21-6-4-3-5-7-21/h3-11,14,17-18,22H,2,12-13,15-16,19H2,1H3,(H,30,34). The third kappa shape index (κ3) is 4.66. The van der Waals surface area contributed by atoms with Gasteiger partial charge in [-0.25, -0.2) is 4.98 Å². The number of aryl methyl sites for hydroxylation is 1. The van der Waals surface area contributed by atoms with Crippen molar-refractivity contribution in [3.63, 3.8) is 0 Å². The summed E-state index contributed by atoms with van der Waals surface area (Å²) in [6, 6.07) is 22.9. The normalized spacial score (nSPS) is 14.5. The number of carbonyl (C=O) groups is 1. The number of imidazole rings is 1. The van der Waals surface area contributed by atoms with Crippen LogP contribution in [0.25, 0.3) is 5.65 Å². The van der Waals surface area contributed by atoms with E-state index in [0.29, 0.717) is 35.2 Å². The summed E-state index contributed by atoms with van der Waals surface area (Å²) in [4.78, 5) is 20.0. The SMILES string of the molecule is CCc1nc2cc(Cl)ccn2c1C(=O)NCc1ccc(N2CCC(c3ccccc3)CC2)cc1. The lowest BCUT2D eigenvalue weighted by atomic mass is 9.89. The average Bonchev–Trinajstić information content (AvgIpc) is 3.26. The lowest BCUT2D eigenvalue weighted by Crippen LogP contribution is -2.32. The molecule has 34 heavy (non-hydrogen) atoms. The van der Waals surface area contributed by atoms with Gasteiger partial charge in [0, 0.05) is 42.6 Å². The first-order valence-electron chi connectivity index (χ1n) is 12.0. The number of nitrogens with one attached hydrogen (secondary N) is 1. The van der Waals surface area contributed by atoms with E-state index in [9.17, 15) is 4.79 Å². The minimum absolute atomic E-state index is 0.126. The molecule has 0 radical (unpaired) electrons. The van der Waals surface area contributed by atoms with Gasteiger partial charge >= 0.3 is 0 Å². The van der Waals surface area contributed by atoms with Crippen LogP contribution in [0, 0.1) is 0 Å². The minimum Gasteiger partial charge on any atom is -0.371 e. The minimum atomic E-state index is -0.126. The Balaban J connectivity index is 1.20. The molecule has 0 unspecified atom stereocenters. The van der Waals surface area contributed by atoms with Crippen LogP contribution in [0.1, 0.15) is 53.0 Å². The van der Waals surface area contributed by atoms with E-state index in [0.717, 1.165) is 24.3 Å². The Morgan fingerprint density at radius 1 is 1.06 bits per heavy atom. The molecule has 6 heteroatoms. The molecule has 1 aliphatic rings. The Morgan fingerprint density at radius 3 is 2.50 bits per heavy atom. The highest BCUT2D eigenvalue weighted by Crippen LogP contribution is 2.30. The van der Waals surface area contributed by atoms with Crippen LogP contribution >= 0.6 is 11.6 Å². The number of aromatic nitrogens is 2. The molecule has 174 valence electrons. The third-order valence-corrected chi connectivity index (χ3v) is 6.97. The summed E-state index contributed by atoms with van der Waals surface area (Å²) < 4.78 is 1.81. The lowest BCUT2D eigenvalue weighted by Gasteiger charge is -2.34. The number of pyridine rings is 1. The monoisotopic (exact) mass is 472 g/mol. The van der Waals surface area contributed by atoms with Crippen molar-refractivity contribution in [2.45, 2.75) is 38.6 Å². The number of hydrogen-bond donors (Lipinski definition) is 1. The van der Waals surface area contributed by atoms with Crippen LogP contribution in [-0.4, -0.2) is 28.4 Å². The van der Waals surface area contributed by atoms with Crippen LogP contribution in [0.3, 0.4) is 0 Å². The van der Waals surface area contributed by atoms with Crippen molar-refractivity contribution in [3.8, 4) is 0 Å². The predicted molar refractivity (Wildman–Crippen MR) is 138 cm³/mol. The molecule has 1 saturated heterocycles. The molecule has 0 atom stereocenters. The highest BCUT2D eigenvalue weighted by atomic mass is 35.5. The van der Waals surface area contributed by atoms with E-state index in [-0.39, 0.29) is 5.91 Å². The zero-order valence-corrected chi connectivity index (χ0v) is 20.1. The van der Waals surface area contributed by atoms with E-state index in [1.807, 2.05) is 11.3 Å². The zero-order chi connectivity index (χ0) is 23.5. The molecule has 0 bridgehead atoms. The predicted octanol–water partition coefficient (Wildman–Crippen LogP) is 5.86. The number of nitrogens with zero attached hydrogens (tertiary/aromatic N) is 3. The Labute approximate surface area is 205 Å². The first-order valence-corrected chi connectivity index (χ1v) is 12.3. The van der Waals surface area contributed by atoms with Crippen molar-refractivity contribution in [3.05, 3.63) is 100 Å². The van der Waals surface area contributed by atoms with Gasteiger partial charge in [-0.1, -0.05) is 61.0 Å². The van der Waals surface area contributed by atoms with Gasteiger partial charge in [0.1, 0.15) is 11.3 Å². The van der Waals surface area contributed by atoms with Crippen molar-refractivity contribution in [1.82, 2.24) is 14.7 Å². The van der Waals surface area contributed by atoms with Crippen LogP contribution in [0.4, 0.5) is 5.69 Å². The van der Waals surface area contributed by atoms with Gasteiger partial charge < -0.3 is 10.2 Å². The molecule has 2 aromatic carbocycles. The van der Waals surface area contributed by atoms with Crippen molar-refractivity contribution in [2.75, 3.05) is 18.0 Å². The van der Waals surface area contributed by atoms with E-state index in [1.165, 1.54) is 24.1 Å². The first-order chi connectivity index (χ1) is 16.6. The molecule has 2 aromatic heterocycles. The first kappa shape index (κ1) is 22.5. The fraction of sp³-hybridized carbons (Fsp3) is 0.286. The quantitative estimate of drug-likeness (QED) is 0.382. The van der Waals surface area contributed by atoms with E-state index in [1.54, 1.807) is 18.3 Å². The molecule has 1 amide bonds. The van der Waals surface area contributed by atoms with Crippen LogP contribution in [0.2, 0.25) is 5.02 Å². The molecule has 5 rings (SSSR count). The molecule has 1 aliphatic heterocycles. The topological polar surface area (TPSA) is 49.6 Å². The summed E-state index contributed by atoms with van der Waals surface area (Å²) in [5.41, 5.74) is 5.81. The van der Waals surface area contributed by atoms with Crippen LogP contribution in [0.15, 0.2) is 72.9 Å². The fourth-order valence-electron chi connectivity index (χ4n) is 4.84. The number of fused-ring (bicyclic) bond motifs is 1. The largest absolute Gasteiger partial charge is 0.371 e. The summed E-state index contributed by atoms with van der Waals surface area (Å²) in [7, 11) is 0. The Kier molecular flexibility index (Phi) is 6.54. The van der Waals surface area contributed by atoms with Crippen LogP contribution in [-0.2, 0) is 13.0 Å². The number of anilines is 1. The summed E-state index contributed by atoms with van der Waals surface area (Å²) in [5.74, 6) is 0.523. The Hall–Kier alpha value is -3.31.